The van der Waals surface area contributed by atoms with E-state index in [0.29, 0.717) is 18.8 Å². The van der Waals surface area contributed by atoms with E-state index in [1.165, 1.54) is 19.2 Å². The van der Waals surface area contributed by atoms with Crippen molar-refractivity contribution < 1.29 is 14.3 Å². The molecule has 2 aromatic rings. The number of aromatic nitrogens is 4. The first-order chi connectivity index (χ1) is 11.1. The van der Waals surface area contributed by atoms with Crippen molar-refractivity contribution in [2.45, 2.75) is 6.54 Å². The molecule has 9 nitrogen and oxygen atoms in total. The van der Waals surface area contributed by atoms with Crippen molar-refractivity contribution in [3.05, 3.63) is 35.4 Å². The van der Waals surface area contributed by atoms with Gasteiger partial charge in [0.1, 0.15) is 5.69 Å². The summed E-state index contributed by atoms with van der Waals surface area (Å²) < 4.78 is 6.19. The molecule has 0 radical (unpaired) electrons. The third-order valence-electron chi connectivity index (χ3n) is 2.79. The first-order valence-corrected chi connectivity index (χ1v) is 7.07. The van der Waals surface area contributed by atoms with Crippen LogP contribution in [0.1, 0.15) is 10.5 Å². The van der Waals surface area contributed by atoms with Crippen molar-refractivity contribution in [2.75, 3.05) is 25.5 Å². The SMILES string of the molecule is COC(=O)c1ccc(NC(=O)CNCCn2ccnn2)c(Cl)n1. The Morgan fingerprint density at radius 2 is 2.22 bits per heavy atom. The molecule has 0 unspecified atom stereocenters. The molecule has 0 bridgehead atoms. The van der Waals surface area contributed by atoms with E-state index in [9.17, 15) is 9.59 Å². The summed E-state index contributed by atoms with van der Waals surface area (Å²) in [5.74, 6) is -0.877. The van der Waals surface area contributed by atoms with Crippen LogP contribution < -0.4 is 10.6 Å². The molecule has 0 aliphatic carbocycles. The number of anilines is 1. The summed E-state index contributed by atoms with van der Waals surface area (Å²) in [6.07, 6.45) is 3.32. The van der Waals surface area contributed by atoms with Crippen LogP contribution in [-0.4, -0.2) is 52.1 Å². The quantitative estimate of drug-likeness (QED) is 0.425. The number of hydrogen-bond acceptors (Lipinski definition) is 7. The van der Waals surface area contributed by atoms with Gasteiger partial charge < -0.3 is 15.4 Å². The van der Waals surface area contributed by atoms with Crippen LogP contribution in [0.4, 0.5) is 5.69 Å². The second-order valence-electron chi connectivity index (χ2n) is 4.42. The number of methoxy groups -OCH3 is 1. The summed E-state index contributed by atoms with van der Waals surface area (Å²) in [6, 6.07) is 2.92. The van der Waals surface area contributed by atoms with Crippen LogP contribution in [0.15, 0.2) is 24.5 Å². The van der Waals surface area contributed by atoms with Gasteiger partial charge in [0.05, 0.1) is 32.1 Å². The van der Waals surface area contributed by atoms with Gasteiger partial charge in [0.2, 0.25) is 5.91 Å². The van der Waals surface area contributed by atoms with Crippen LogP contribution in [0.5, 0.6) is 0 Å². The number of carbonyl (C=O) groups excluding carboxylic acids is 2. The molecule has 23 heavy (non-hydrogen) atoms. The molecule has 1 amide bonds. The van der Waals surface area contributed by atoms with E-state index < -0.39 is 5.97 Å². The summed E-state index contributed by atoms with van der Waals surface area (Å²) in [4.78, 5) is 27.0. The Kier molecular flexibility index (Phi) is 6.01. The van der Waals surface area contributed by atoms with E-state index >= 15 is 0 Å². The van der Waals surface area contributed by atoms with Gasteiger partial charge in [-0.25, -0.2) is 9.78 Å². The fourth-order valence-electron chi connectivity index (χ4n) is 1.69. The molecule has 2 heterocycles. The van der Waals surface area contributed by atoms with Crippen LogP contribution in [-0.2, 0) is 16.1 Å². The van der Waals surface area contributed by atoms with Crippen molar-refractivity contribution in [1.82, 2.24) is 25.3 Å². The first kappa shape index (κ1) is 16.8. The lowest BCUT2D eigenvalue weighted by Crippen LogP contribution is -2.30. The molecule has 0 spiro atoms. The third kappa shape index (κ3) is 5.01. The number of nitrogens with zero attached hydrogens (tertiary/aromatic N) is 4. The number of carbonyl (C=O) groups is 2. The number of amides is 1. The topological polar surface area (TPSA) is 111 Å². The normalized spacial score (nSPS) is 10.3. The fraction of sp³-hybridized carbons (Fsp3) is 0.308. The standard InChI is InChI=1S/C13H15ClN6O3/c1-23-13(22)10-3-2-9(12(14)18-10)17-11(21)8-15-4-6-20-7-5-16-19-20/h2-3,5,7,15H,4,6,8H2,1H3,(H,17,21). The highest BCUT2D eigenvalue weighted by molar-refractivity contribution is 6.32. The lowest BCUT2D eigenvalue weighted by molar-refractivity contribution is -0.115. The van der Waals surface area contributed by atoms with Crippen LogP contribution in [0.3, 0.4) is 0 Å². The van der Waals surface area contributed by atoms with Crippen molar-refractivity contribution in [2.24, 2.45) is 0 Å². The molecule has 2 aromatic heterocycles. The van der Waals surface area contributed by atoms with E-state index in [4.69, 9.17) is 11.6 Å². The number of pyridine rings is 1. The largest absolute Gasteiger partial charge is 0.464 e. The molecule has 0 atom stereocenters. The average Bonchev–Trinajstić information content (AvgIpc) is 3.06. The van der Waals surface area contributed by atoms with Gasteiger partial charge in [-0.15, -0.1) is 5.10 Å². The van der Waals surface area contributed by atoms with E-state index in [-0.39, 0.29) is 23.3 Å². The number of halogens is 1. The van der Waals surface area contributed by atoms with Gasteiger partial charge in [0, 0.05) is 12.7 Å². The molecule has 0 aliphatic rings. The van der Waals surface area contributed by atoms with Crippen molar-refractivity contribution in [1.29, 1.82) is 0 Å². The van der Waals surface area contributed by atoms with Gasteiger partial charge in [-0.05, 0) is 12.1 Å². The minimum absolute atomic E-state index is 0.0175. The van der Waals surface area contributed by atoms with E-state index in [2.05, 4.69) is 30.7 Å². The Morgan fingerprint density at radius 3 is 2.87 bits per heavy atom. The first-order valence-electron chi connectivity index (χ1n) is 6.69. The highest BCUT2D eigenvalue weighted by atomic mass is 35.5. The molecular formula is C13H15ClN6O3. The van der Waals surface area contributed by atoms with Gasteiger partial charge in [-0.3, -0.25) is 9.48 Å². The van der Waals surface area contributed by atoms with E-state index in [0.717, 1.165) is 0 Å². The maximum absolute atomic E-state index is 11.8. The molecule has 0 saturated carbocycles. The van der Waals surface area contributed by atoms with Crippen molar-refractivity contribution in [3.63, 3.8) is 0 Å². The Hall–Kier alpha value is -2.52. The lowest BCUT2D eigenvalue weighted by atomic mass is 10.3. The summed E-state index contributed by atoms with van der Waals surface area (Å²) in [6.45, 7) is 1.26. The van der Waals surface area contributed by atoms with Crippen LogP contribution >= 0.6 is 11.6 Å². The second-order valence-corrected chi connectivity index (χ2v) is 4.78. The Balaban J connectivity index is 1.79. The van der Waals surface area contributed by atoms with Gasteiger partial charge >= 0.3 is 5.97 Å². The van der Waals surface area contributed by atoms with Crippen molar-refractivity contribution in [3.8, 4) is 0 Å². The van der Waals surface area contributed by atoms with Crippen molar-refractivity contribution >= 4 is 29.2 Å². The number of esters is 1. The summed E-state index contributed by atoms with van der Waals surface area (Å²) in [7, 11) is 1.25. The van der Waals surface area contributed by atoms with Gasteiger partial charge in [0.15, 0.2) is 5.15 Å². The highest BCUT2D eigenvalue weighted by Gasteiger charge is 2.12. The predicted octanol–water partition coefficient (Wildman–Crippen LogP) is 0.341. The Bertz CT molecular complexity index is 676. The molecule has 0 saturated heterocycles. The molecule has 2 N–H and O–H groups in total. The fourth-order valence-corrected chi connectivity index (χ4v) is 1.89. The van der Waals surface area contributed by atoms with Gasteiger partial charge in [0.25, 0.3) is 0 Å². The molecular weight excluding hydrogens is 324 g/mol. The molecule has 0 fully saturated rings. The van der Waals surface area contributed by atoms with E-state index in [1.807, 2.05) is 0 Å². The molecule has 0 aromatic carbocycles. The zero-order valence-corrected chi connectivity index (χ0v) is 13.1. The Morgan fingerprint density at radius 1 is 1.39 bits per heavy atom. The monoisotopic (exact) mass is 338 g/mol. The smallest absolute Gasteiger partial charge is 0.356 e. The number of nitrogens with one attached hydrogen (secondary N) is 2. The minimum atomic E-state index is -0.598. The van der Waals surface area contributed by atoms with Gasteiger partial charge in [-0.1, -0.05) is 16.8 Å². The van der Waals surface area contributed by atoms with Crippen LogP contribution in [0.2, 0.25) is 5.15 Å². The third-order valence-corrected chi connectivity index (χ3v) is 3.08. The average molecular weight is 339 g/mol. The highest BCUT2D eigenvalue weighted by Crippen LogP contribution is 2.19. The molecule has 122 valence electrons. The summed E-state index contributed by atoms with van der Waals surface area (Å²) >= 11 is 5.93. The zero-order valence-electron chi connectivity index (χ0n) is 12.3. The minimum Gasteiger partial charge on any atom is -0.464 e. The number of rotatable bonds is 7. The number of ether oxygens (including phenoxy) is 1. The predicted molar refractivity (Wildman–Crippen MR) is 82.1 cm³/mol. The summed E-state index contributed by atoms with van der Waals surface area (Å²) in [5.41, 5.74) is 0.392. The maximum atomic E-state index is 11.8. The van der Waals surface area contributed by atoms with E-state index in [1.54, 1.807) is 17.1 Å². The van der Waals surface area contributed by atoms with Crippen LogP contribution in [0.25, 0.3) is 0 Å². The second kappa shape index (κ2) is 8.20. The van der Waals surface area contributed by atoms with Crippen LogP contribution in [0, 0.1) is 0 Å². The number of hydrogen-bond donors (Lipinski definition) is 2. The molecule has 2 rings (SSSR count). The molecule has 0 aliphatic heterocycles. The summed E-state index contributed by atoms with van der Waals surface area (Å²) in [5, 5.41) is 13.1. The Labute approximate surface area is 137 Å². The zero-order chi connectivity index (χ0) is 16.7. The lowest BCUT2D eigenvalue weighted by Gasteiger charge is -2.08. The maximum Gasteiger partial charge on any atom is 0.356 e. The van der Waals surface area contributed by atoms with Gasteiger partial charge in [-0.2, -0.15) is 0 Å². The molecule has 10 heteroatoms.